The maximum absolute atomic E-state index is 5.40. The number of anilines is 2. The minimum Gasteiger partial charge on any atom is -0.396 e. The van der Waals surface area contributed by atoms with Crippen molar-refractivity contribution in [2.75, 3.05) is 11.5 Å². The number of halogens is 2. The van der Waals surface area contributed by atoms with Gasteiger partial charge in [0.1, 0.15) is 11.3 Å². The molecule has 19 heavy (non-hydrogen) atoms. The van der Waals surface area contributed by atoms with Crippen LogP contribution in [0.4, 0.5) is 11.5 Å². The van der Waals surface area contributed by atoms with Crippen LogP contribution in [0.25, 0.3) is 11.2 Å². The summed E-state index contributed by atoms with van der Waals surface area (Å²) in [5.74, 6) is 0.373. The van der Waals surface area contributed by atoms with Gasteiger partial charge in [-0.1, -0.05) is 0 Å². The third-order valence-electron chi connectivity index (χ3n) is 2.16. The highest BCUT2D eigenvalue weighted by molar-refractivity contribution is 9.10. The van der Waals surface area contributed by atoms with Crippen molar-refractivity contribution >= 4 is 54.5 Å². The summed E-state index contributed by atoms with van der Waals surface area (Å²) in [6, 6.07) is 3.63. The van der Waals surface area contributed by atoms with Crippen molar-refractivity contribution < 1.29 is 0 Å². The van der Waals surface area contributed by atoms with Gasteiger partial charge in [0.15, 0.2) is 5.65 Å². The average molecular weight is 386 g/mol. The molecular weight excluding hydrogens is 376 g/mol. The van der Waals surface area contributed by atoms with Crippen LogP contribution in [0.15, 0.2) is 39.8 Å². The molecule has 0 aliphatic carbocycles. The van der Waals surface area contributed by atoms with Gasteiger partial charge in [-0.15, -0.1) is 0 Å². The van der Waals surface area contributed by atoms with E-state index < -0.39 is 0 Å². The molecule has 0 unspecified atom stereocenters. The number of fused-ring (bicyclic) bond motifs is 1. The first-order chi connectivity index (χ1) is 9.06. The van der Waals surface area contributed by atoms with Gasteiger partial charge >= 0.3 is 0 Å². The van der Waals surface area contributed by atoms with E-state index in [1.54, 1.807) is 24.8 Å². The van der Waals surface area contributed by atoms with Gasteiger partial charge in [0.2, 0.25) is 0 Å². The van der Waals surface area contributed by atoms with Crippen LogP contribution in [0.2, 0.25) is 0 Å². The third-order valence-corrected chi connectivity index (χ3v) is 3.02. The van der Waals surface area contributed by atoms with Gasteiger partial charge in [-0.05, 0) is 44.0 Å². The van der Waals surface area contributed by atoms with E-state index in [-0.39, 0.29) is 0 Å². The van der Waals surface area contributed by atoms with Gasteiger partial charge in [0.05, 0.1) is 12.0 Å². The normalized spacial score (nSPS) is 10.0. The van der Waals surface area contributed by atoms with E-state index in [0.717, 1.165) is 20.1 Å². The monoisotopic (exact) mass is 384 g/mol. The molecule has 0 aliphatic heterocycles. The van der Waals surface area contributed by atoms with Crippen molar-refractivity contribution in [3.8, 4) is 0 Å². The molecule has 0 amide bonds. The van der Waals surface area contributed by atoms with Gasteiger partial charge in [-0.25, -0.2) is 15.0 Å². The van der Waals surface area contributed by atoms with Crippen LogP contribution in [0.1, 0.15) is 0 Å². The zero-order chi connectivity index (χ0) is 13.8. The smallest absolute Gasteiger partial charge is 0.157 e. The van der Waals surface area contributed by atoms with E-state index in [9.17, 15) is 0 Å². The Morgan fingerprint density at radius 1 is 0.947 bits per heavy atom. The quantitative estimate of drug-likeness (QED) is 0.551. The lowest BCUT2D eigenvalue weighted by atomic mass is 10.4. The molecule has 98 valence electrons. The topological polar surface area (TPSA) is 106 Å². The first-order valence-corrected chi connectivity index (χ1v) is 6.76. The highest BCUT2D eigenvalue weighted by Gasteiger charge is 1.95. The molecule has 3 heterocycles. The number of rotatable bonds is 0. The molecule has 5 N–H and O–H groups in total. The number of aromatic amines is 1. The van der Waals surface area contributed by atoms with Crippen LogP contribution in [-0.4, -0.2) is 19.9 Å². The minimum atomic E-state index is 0.373. The van der Waals surface area contributed by atoms with Crippen LogP contribution in [0, 0.1) is 0 Å². The van der Waals surface area contributed by atoms with Crippen molar-refractivity contribution in [2.24, 2.45) is 0 Å². The first kappa shape index (κ1) is 13.8. The van der Waals surface area contributed by atoms with Crippen molar-refractivity contribution in [2.45, 2.75) is 0 Å². The van der Waals surface area contributed by atoms with E-state index in [1.807, 2.05) is 6.07 Å². The van der Waals surface area contributed by atoms with Crippen molar-refractivity contribution in [1.82, 2.24) is 19.9 Å². The van der Waals surface area contributed by atoms with E-state index >= 15 is 0 Å². The molecule has 0 aliphatic rings. The fraction of sp³-hybridized carbons (Fsp3) is 0. The van der Waals surface area contributed by atoms with Crippen LogP contribution in [0.5, 0.6) is 0 Å². The molecular formula is C11H10Br2N6. The lowest BCUT2D eigenvalue weighted by Crippen LogP contribution is -1.96. The second kappa shape index (κ2) is 5.98. The summed E-state index contributed by atoms with van der Waals surface area (Å²) in [4.78, 5) is 14.8. The number of H-pyrrole nitrogens is 1. The van der Waals surface area contributed by atoms with Gasteiger partial charge in [0, 0.05) is 21.3 Å². The van der Waals surface area contributed by atoms with E-state index in [1.165, 1.54) is 0 Å². The predicted molar refractivity (Wildman–Crippen MR) is 82.4 cm³/mol. The number of nitrogens with one attached hydrogen (secondary N) is 1. The van der Waals surface area contributed by atoms with Gasteiger partial charge < -0.3 is 16.5 Å². The molecule has 8 heteroatoms. The van der Waals surface area contributed by atoms with Gasteiger partial charge in [-0.3, -0.25) is 0 Å². The summed E-state index contributed by atoms with van der Waals surface area (Å²) in [7, 11) is 0. The van der Waals surface area contributed by atoms with Gasteiger partial charge in [-0.2, -0.15) is 0 Å². The number of pyridine rings is 2. The molecule has 0 aromatic carbocycles. The summed E-state index contributed by atoms with van der Waals surface area (Å²) in [6.07, 6.45) is 4.97. The molecule has 3 rings (SSSR count). The van der Waals surface area contributed by atoms with Gasteiger partial charge in [0.25, 0.3) is 0 Å². The summed E-state index contributed by atoms with van der Waals surface area (Å²) < 4.78 is 1.79. The lowest BCUT2D eigenvalue weighted by Gasteiger charge is -1.96. The number of imidazole rings is 1. The zero-order valence-electron chi connectivity index (χ0n) is 9.64. The fourth-order valence-corrected chi connectivity index (χ4v) is 1.93. The summed E-state index contributed by atoms with van der Waals surface area (Å²) >= 11 is 6.50. The van der Waals surface area contributed by atoms with Crippen LogP contribution in [0.3, 0.4) is 0 Å². The number of hydrogen-bond acceptors (Lipinski definition) is 5. The van der Waals surface area contributed by atoms with Crippen molar-refractivity contribution in [3.63, 3.8) is 0 Å². The number of nitrogens with two attached hydrogens (primary N) is 2. The van der Waals surface area contributed by atoms with Crippen LogP contribution in [-0.2, 0) is 0 Å². The molecule has 3 aromatic heterocycles. The Bertz CT molecular complexity index is 696. The molecule has 0 radical (unpaired) electrons. The Balaban J connectivity index is 0.000000141. The molecule has 0 spiro atoms. The number of hydrogen-bond donors (Lipinski definition) is 3. The second-order valence-corrected chi connectivity index (χ2v) is 5.38. The Morgan fingerprint density at radius 3 is 2.32 bits per heavy atom. The Kier molecular flexibility index (Phi) is 4.33. The molecule has 6 nitrogen and oxygen atoms in total. The second-order valence-electron chi connectivity index (χ2n) is 3.55. The number of nitrogens with zero attached hydrogens (tertiary/aromatic N) is 3. The first-order valence-electron chi connectivity index (χ1n) is 5.17. The van der Waals surface area contributed by atoms with E-state index in [2.05, 4.69) is 51.8 Å². The zero-order valence-corrected chi connectivity index (χ0v) is 12.8. The maximum Gasteiger partial charge on any atom is 0.157 e. The van der Waals surface area contributed by atoms with Crippen LogP contribution >= 0.6 is 31.9 Å². The predicted octanol–water partition coefficient (Wildman–Crippen LogP) is 2.73. The summed E-state index contributed by atoms with van der Waals surface area (Å²) in [5.41, 5.74) is 12.9. The van der Waals surface area contributed by atoms with E-state index in [4.69, 9.17) is 11.5 Å². The average Bonchev–Trinajstić information content (AvgIpc) is 2.82. The highest BCUT2D eigenvalue weighted by Crippen LogP contribution is 2.16. The minimum absolute atomic E-state index is 0.373. The van der Waals surface area contributed by atoms with E-state index in [0.29, 0.717) is 11.5 Å². The molecule has 3 aromatic rings. The summed E-state index contributed by atoms with van der Waals surface area (Å²) in [6.45, 7) is 0. The number of aromatic nitrogens is 4. The largest absolute Gasteiger partial charge is 0.396 e. The molecule has 0 bridgehead atoms. The maximum atomic E-state index is 5.40. The third kappa shape index (κ3) is 3.65. The fourth-order valence-electron chi connectivity index (χ4n) is 1.27. The Morgan fingerprint density at radius 2 is 1.63 bits per heavy atom. The highest BCUT2D eigenvalue weighted by atomic mass is 79.9. The molecule has 0 saturated carbocycles. The lowest BCUT2D eigenvalue weighted by molar-refractivity contribution is 1.30. The summed E-state index contributed by atoms with van der Waals surface area (Å²) in [5, 5.41) is 0. The molecule has 0 fully saturated rings. The molecule has 0 atom stereocenters. The Labute approximate surface area is 125 Å². The standard InChI is InChI=1S/C6H4BrN3.C5H6BrN3/c7-4-1-5-6(8-2-4)10-3-9-5;6-3-1-4(7)5(8)9-2-3/h1-3H,(H,8,9,10);1-2H,7H2,(H2,8,9). The Hall–Kier alpha value is -1.67. The molecule has 0 saturated heterocycles. The van der Waals surface area contributed by atoms with Crippen molar-refractivity contribution in [3.05, 3.63) is 39.8 Å². The van der Waals surface area contributed by atoms with Crippen LogP contribution < -0.4 is 11.5 Å². The number of nitrogen functional groups attached to an aromatic ring is 2. The van der Waals surface area contributed by atoms with Crippen molar-refractivity contribution in [1.29, 1.82) is 0 Å². The SMILES string of the molecule is Brc1cnc2[nH]cnc2c1.Nc1cc(Br)cnc1N.